The van der Waals surface area contributed by atoms with Gasteiger partial charge in [-0.2, -0.15) is 4.98 Å². The van der Waals surface area contributed by atoms with Gasteiger partial charge in [0.1, 0.15) is 0 Å². The van der Waals surface area contributed by atoms with E-state index in [9.17, 15) is 4.79 Å². The van der Waals surface area contributed by atoms with E-state index in [2.05, 4.69) is 15.0 Å². The lowest BCUT2D eigenvalue weighted by molar-refractivity contribution is -0.123. The third kappa shape index (κ3) is 3.28. The first-order valence-corrected chi connectivity index (χ1v) is 7.12. The minimum absolute atomic E-state index is 0.0738. The molecule has 3 rings (SSSR count). The lowest BCUT2D eigenvalue weighted by Gasteiger charge is -2.29. The third-order valence-corrected chi connectivity index (χ3v) is 3.77. The van der Waals surface area contributed by atoms with Crippen molar-refractivity contribution in [3.05, 3.63) is 36.2 Å². The molecule has 1 aliphatic heterocycles. The number of piperidine rings is 1. The van der Waals surface area contributed by atoms with Gasteiger partial charge in [-0.3, -0.25) is 9.69 Å². The SMILES string of the molecule is NC(=O)[C@@H]1CCCN(Cc2nc(-c3ccccc3)no2)C1. The molecule has 0 saturated carbocycles. The Morgan fingerprint density at radius 2 is 2.19 bits per heavy atom. The number of likely N-dealkylation sites (tertiary alicyclic amines) is 1. The van der Waals surface area contributed by atoms with Crippen LogP contribution in [0.2, 0.25) is 0 Å². The lowest BCUT2D eigenvalue weighted by Crippen LogP contribution is -2.40. The fourth-order valence-corrected chi connectivity index (χ4v) is 2.65. The second kappa shape index (κ2) is 6.05. The van der Waals surface area contributed by atoms with Gasteiger partial charge in [0.2, 0.25) is 17.6 Å². The van der Waals surface area contributed by atoms with E-state index in [0.29, 0.717) is 24.8 Å². The Hall–Kier alpha value is -2.21. The molecule has 2 heterocycles. The van der Waals surface area contributed by atoms with Crippen molar-refractivity contribution in [2.45, 2.75) is 19.4 Å². The number of nitrogens with two attached hydrogens (primary N) is 1. The number of hydrogen-bond donors (Lipinski definition) is 1. The molecule has 2 N–H and O–H groups in total. The van der Waals surface area contributed by atoms with Crippen LogP contribution in [-0.4, -0.2) is 34.0 Å². The van der Waals surface area contributed by atoms with E-state index in [1.807, 2.05) is 30.3 Å². The standard InChI is InChI=1S/C15H18N4O2/c16-14(20)12-7-4-8-19(9-12)10-13-17-15(18-21-13)11-5-2-1-3-6-11/h1-3,5-6,12H,4,7-10H2,(H2,16,20)/t12-/m1/s1. The lowest BCUT2D eigenvalue weighted by atomic mass is 9.97. The van der Waals surface area contributed by atoms with Crippen LogP contribution in [0.1, 0.15) is 18.7 Å². The summed E-state index contributed by atoms with van der Waals surface area (Å²) in [6, 6.07) is 9.71. The van der Waals surface area contributed by atoms with Gasteiger partial charge in [0.05, 0.1) is 12.5 Å². The smallest absolute Gasteiger partial charge is 0.241 e. The maximum Gasteiger partial charge on any atom is 0.241 e. The highest BCUT2D eigenvalue weighted by molar-refractivity contribution is 5.76. The van der Waals surface area contributed by atoms with Crippen molar-refractivity contribution in [2.75, 3.05) is 13.1 Å². The van der Waals surface area contributed by atoms with Crippen molar-refractivity contribution in [3.8, 4) is 11.4 Å². The van der Waals surface area contributed by atoms with E-state index in [4.69, 9.17) is 10.3 Å². The monoisotopic (exact) mass is 286 g/mol. The van der Waals surface area contributed by atoms with Gasteiger partial charge in [-0.25, -0.2) is 0 Å². The highest BCUT2D eigenvalue weighted by atomic mass is 16.5. The molecule has 6 heteroatoms. The molecule has 110 valence electrons. The quantitative estimate of drug-likeness (QED) is 0.919. The van der Waals surface area contributed by atoms with Gasteiger partial charge in [0, 0.05) is 12.1 Å². The molecule has 1 aromatic heterocycles. The Bertz CT molecular complexity index is 611. The molecular formula is C15H18N4O2. The van der Waals surface area contributed by atoms with Gasteiger partial charge < -0.3 is 10.3 Å². The third-order valence-electron chi connectivity index (χ3n) is 3.77. The van der Waals surface area contributed by atoms with Crippen molar-refractivity contribution in [1.29, 1.82) is 0 Å². The van der Waals surface area contributed by atoms with Crippen LogP contribution < -0.4 is 5.73 Å². The van der Waals surface area contributed by atoms with Crippen molar-refractivity contribution in [2.24, 2.45) is 11.7 Å². The number of aromatic nitrogens is 2. The number of hydrogen-bond acceptors (Lipinski definition) is 5. The first-order valence-electron chi connectivity index (χ1n) is 7.12. The maximum absolute atomic E-state index is 11.3. The fraction of sp³-hybridized carbons (Fsp3) is 0.400. The maximum atomic E-state index is 11.3. The largest absolute Gasteiger partial charge is 0.369 e. The van der Waals surface area contributed by atoms with Crippen molar-refractivity contribution >= 4 is 5.91 Å². The van der Waals surface area contributed by atoms with Crippen LogP contribution in [0, 0.1) is 5.92 Å². The molecule has 1 atom stereocenters. The summed E-state index contributed by atoms with van der Waals surface area (Å²) in [6.07, 6.45) is 1.83. The summed E-state index contributed by atoms with van der Waals surface area (Å²) < 4.78 is 5.30. The second-order valence-corrected chi connectivity index (χ2v) is 5.35. The molecule has 0 radical (unpaired) electrons. The molecular weight excluding hydrogens is 268 g/mol. The highest BCUT2D eigenvalue weighted by Gasteiger charge is 2.25. The average molecular weight is 286 g/mol. The topological polar surface area (TPSA) is 85.3 Å². The molecule has 1 aliphatic rings. The van der Waals surface area contributed by atoms with Crippen LogP contribution in [0.25, 0.3) is 11.4 Å². The van der Waals surface area contributed by atoms with Crippen LogP contribution >= 0.6 is 0 Å². The minimum atomic E-state index is -0.227. The van der Waals surface area contributed by atoms with E-state index in [0.717, 1.165) is 24.9 Å². The Morgan fingerprint density at radius 3 is 2.95 bits per heavy atom. The van der Waals surface area contributed by atoms with E-state index in [-0.39, 0.29) is 11.8 Å². The molecule has 0 aliphatic carbocycles. The number of amides is 1. The second-order valence-electron chi connectivity index (χ2n) is 5.35. The molecule has 1 aromatic carbocycles. The molecule has 2 aromatic rings. The van der Waals surface area contributed by atoms with E-state index < -0.39 is 0 Å². The number of rotatable bonds is 4. The summed E-state index contributed by atoms with van der Waals surface area (Å²) >= 11 is 0. The van der Waals surface area contributed by atoms with Crippen LogP contribution in [0.15, 0.2) is 34.9 Å². The zero-order chi connectivity index (χ0) is 14.7. The average Bonchev–Trinajstić information content (AvgIpc) is 2.97. The Kier molecular flexibility index (Phi) is 3.96. The van der Waals surface area contributed by atoms with Crippen LogP contribution in [0.4, 0.5) is 0 Å². The molecule has 1 fully saturated rings. The minimum Gasteiger partial charge on any atom is -0.369 e. The number of benzene rings is 1. The summed E-state index contributed by atoms with van der Waals surface area (Å²) in [5, 5.41) is 4.00. The number of carbonyl (C=O) groups excluding carboxylic acids is 1. The van der Waals surface area contributed by atoms with E-state index in [1.165, 1.54) is 0 Å². The van der Waals surface area contributed by atoms with Crippen LogP contribution in [0.5, 0.6) is 0 Å². The van der Waals surface area contributed by atoms with Crippen molar-refractivity contribution in [3.63, 3.8) is 0 Å². The van der Waals surface area contributed by atoms with Gasteiger partial charge in [0.25, 0.3) is 0 Å². The molecule has 0 spiro atoms. The molecule has 0 bridgehead atoms. The van der Waals surface area contributed by atoms with Gasteiger partial charge in [-0.15, -0.1) is 0 Å². The first kappa shape index (κ1) is 13.8. The molecule has 1 saturated heterocycles. The molecule has 6 nitrogen and oxygen atoms in total. The summed E-state index contributed by atoms with van der Waals surface area (Å²) in [4.78, 5) is 17.8. The summed E-state index contributed by atoms with van der Waals surface area (Å²) in [6.45, 7) is 2.15. The van der Waals surface area contributed by atoms with E-state index >= 15 is 0 Å². The Labute approximate surface area is 122 Å². The van der Waals surface area contributed by atoms with Gasteiger partial charge in [-0.05, 0) is 19.4 Å². The number of nitrogens with zero attached hydrogens (tertiary/aromatic N) is 3. The molecule has 1 amide bonds. The fourth-order valence-electron chi connectivity index (χ4n) is 2.65. The number of carbonyl (C=O) groups is 1. The predicted octanol–water partition coefficient (Wildman–Crippen LogP) is 1.43. The summed E-state index contributed by atoms with van der Waals surface area (Å²) in [5.74, 6) is 0.860. The van der Waals surface area contributed by atoms with Gasteiger partial charge in [0.15, 0.2) is 0 Å². The number of primary amides is 1. The van der Waals surface area contributed by atoms with Gasteiger partial charge >= 0.3 is 0 Å². The zero-order valence-electron chi connectivity index (χ0n) is 11.7. The predicted molar refractivity (Wildman–Crippen MR) is 76.9 cm³/mol. The van der Waals surface area contributed by atoms with Crippen LogP contribution in [0.3, 0.4) is 0 Å². The Balaban J connectivity index is 1.66. The van der Waals surface area contributed by atoms with Crippen molar-refractivity contribution in [1.82, 2.24) is 15.0 Å². The molecule has 0 unspecified atom stereocenters. The zero-order valence-corrected chi connectivity index (χ0v) is 11.7. The summed E-state index contributed by atoms with van der Waals surface area (Å²) in [5.41, 5.74) is 6.32. The normalized spacial score (nSPS) is 19.5. The van der Waals surface area contributed by atoms with Gasteiger partial charge in [-0.1, -0.05) is 35.5 Å². The Morgan fingerprint density at radius 1 is 1.38 bits per heavy atom. The summed E-state index contributed by atoms with van der Waals surface area (Å²) in [7, 11) is 0. The van der Waals surface area contributed by atoms with Crippen molar-refractivity contribution < 1.29 is 9.32 Å². The van der Waals surface area contributed by atoms with E-state index in [1.54, 1.807) is 0 Å². The first-order chi connectivity index (χ1) is 10.2. The molecule has 21 heavy (non-hydrogen) atoms. The highest BCUT2D eigenvalue weighted by Crippen LogP contribution is 2.19. The van der Waals surface area contributed by atoms with Crippen LogP contribution in [-0.2, 0) is 11.3 Å².